The Morgan fingerprint density at radius 3 is 1.79 bits per heavy atom. The van der Waals surface area contributed by atoms with E-state index in [9.17, 15) is 0 Å². The van der Waals surface area contributed by atoms with E-state index in [-0.39, 0.29) is 0 Å². The van der Waals surface area contributed by atoms with Gasteiger partial charge >= 0.3 is 0 Å². The van der Waals surface area contributed by atoms with Crippen molar-refractivity contribution in [1.82, 2.24) is 4.90 Å². The van der Waals surface area contributed by atoms with Gasteiger partial charge in [-0.1, -0.05) is 67.6 Å². The molecule has 0 unspecified atom stereocenters. The lowest BCUT2D eigenvalue weighted by atomic mass is 10.0. The molecule has 1 atom stereocenters. The van der Waals surface area contributed by atoms with Crippen LogP contribution in [0.4, 0.5) is 0 Å². The number of nitrogens with zero attached hydrogens (tertiary/aromatic N) is 1. The number of rotatable bonds is 7. The van der Waals surface area contributed by atoms with E-state index in [0.29, 0.717) is 19.1 Å². The Bertz CT molecular complexity index is 567. The van der Waals surface area contributed by atoms with Crippen LogP contribution in [0.25, 0.3) is 0 Å². The van der Waals surface area contributed by atoms with Crippen molar-refractivity contribution in [2.24, 2.45) is 5.92 Å². The van der Waals surface area contributed by atoms with Gasteiger partial charge in [-0.3, -0.25) is 4.90 Å². The molecule has 0 spiro atoms. The van der Waals surface area contributed by atoms with Crippen molar-refractivity contribution in [1.29, 1.82) is 0 Å². The minimum Gasteiger partial charge on any atom is -0.347 e. The van der Waals surface area contributed by atoms with Crippen molar-refractivity contribution < 1.29 is 9.47 Å². The molecule has 3 heteroatoms. The van der Waals surface area contributed by atoms with Crippen molar-refractivity contribution in [3.8, 4) is 0 Å². The van der Waals surface area contributed by atoms with Gasteiger partial charge in [0.15, 0.2) is 5.79 Å². The molecule has 0 aromatic heterocycles. The standard InChI is InChI=1S/C21H27NO2/c1-18(21(2)23-13-14-24-21)15-22(16-19-9-5-3-6-10-19)17-20-11-7-4-8-12-20/h3-12,18H,13-17H2,1-2H3/t18-/m1/s1. The molecular weight excluding hydrogens is 298 g/mol. The third-order valence-corrected chi connectivity index (χ3v) is 4.79. The summed E-state index contributed by atoms with van der Waals surface area (Å²) in [4.78, 5) is 2.48. The predicted molar refractivity (Wildman–Crippen MR) is 96.5 cm³/mol. The average Bonchev–Trinajstić information content (AvgIpc) is 3.05. The number of benzene rings is 2. The molecule has 0 saturated carbocycles. The fourth-order valence-electron chi connectivity index (χ4n) is 3.24. The minimum absolute atomic E-state index is 0.299. The summed E-state index contributed by atoms with van der Waals surface area (Å²) in [5.41, 5.74) is 2.66. The molecular formula is C21H27NO2. The fraction of sp³-hybridized carbons (Fsp3) is 0.429. The van der Waals surface area contributed by atoms with E-state index in [0.717, 1.165) is 19.6 Å². The highest BCUT2D eigenvalue weighted by molar-refractivity contribution is 5.17. The van der Waals surface area contributed by atoms with E-state index >= 15 is 0 Å². The maximum Gasteiger partial charge on any atom is 0.169 e. The number of ether oxygens (including phenoxy) is 2. The van der Waals surface area contributed by atoms with E-state index in [1.807, 2.05) is 0 Å². The van der Waals surface area contributed by atoms with Gasteiger partial charge in [0, 0.05) is 25.6 Å². The van der Waals surface area contributed by atoms with Crippen LogP contribution >= 0.6 is 0 Å². The molecule has 2 aromatic rings. The van der Waals surface area contributed by atoms with Crippen molar-refractivity contribution >= 4 is 0 Å². The summed E-state index contributed by atoms with van der Waals surface area (Å²) in [6.07, 6.45) is 0. The first-order valence-corrected chi connectivity index (χ1v) is 8.74. The second-order valence-corrected chi connectivity index (χ2v) is 6.75. The summed E-state index contributed by atoms with van der Waals surface area (Å²) in [6, 6.07) is 21.3. The van der Waals surface area contributed by atoms with E-state index < -0.39 is 5.79 Å². The molecule has 1 heterocycles. The van der Waals surface area contributed by atoms with E-state index in [4.69, 9.17) is 9.47 Å². The summed E-state index contributed by atoms with van der Waals surface area (Å²) in [5, 5.41) is 0. The zero-order valence-corrected chi connectivity index (χ0v) is 14.7. The predicted octanol–water partition coefficient (Wildman–Crippen LogP) is 4.09. The molecule has 128 valence electrons. The topological polar surface area (TPSA) is 21.7 Å². The molecule has 2 aromatic carbocycles. The van der Waals surface area contributed by atoms with Crippen LogP contribution in [0.5, 0.6) is 0 Å². The quantitative estimate of drug-likeness (QED) is 0.765. The van der Waals surface area contributed by atoms with Crippen LogP contribution in [0.3, 0.4) is 0 Å². The Morgan fingerprint density at radius 1 is 0.875 bits per heavy atom. The van der Waals surface area contributed by atoms with Crippen LogP contribution in [0, 0.1) is 5.92 Å². The van der Waals surface area contributed by atoms with Crippen LogP contribution in [-0.2, 0) is 22.6 Å². The highest BCUT2D eigenvalue weighted by Crippen LogP contribution is 2.29. The van der Waals surface area contributed by atoms with Crippen LogP contribution in [0.2, 0.25) is 0 Å². The monoisotopic (exact) mass is 325 g/mol. The highest BCUT2D eigenvalue weighted by Gasteiger charge is 2.37. The van der Waals surface area contributed by atoms with Crippen molar-refractivity contribution in [3.63, 3.8) is 0 Å². The Kier molecular flexibility index (Phi) is 5.67. The first-order valence-electron chi connectivity index (χ1n) is 8.74. The Hall–Kier alpha value is -1.68. The highest BCUT2D eigenvalue weighted by atomic mass is 16.7. The van der Waals surface area contributed by atoms with Crippen LogP contribution in [0.1, 0.15) is 25.0 Å². The maximum absolute atomic E-state index is 5.85. The lowest BCUT2D eigenvalue weighted by Gasteiger charge is -2.34. The molecule has 1 aliphatic rings. The van der Waals surface area contributed by atoms with E-state index in [2.05, 4.69) is 79.4 Å². The van der Waals surface area contributed by atoms with Crippen LogP contribution < -0.4 is 0 Å². The Balaban J connectivity index is 1.71. The van der Waals surface area contributed by atoms with Gasteiger partial charge in [-0.2, -0.15) is 0 Å². The van der Waals surface area contributed by atoms with Gasteiger partial charge in [-0.25, -0.2) is 0 Å². The van der Waals surface area contributed by atoms with Gasteiger partial charge in [-0.15, -0.1) is 0 Å². The summed E-state index contributed by atoms with van der Waals surface area (Å²) in [7, 11) is 0. The molecule has 1 saturated heterocycles. The van der Waals surface area contributed by atoms with Gasteiger partial charge in [0.05, 0.1) is 13.2 Å². The van der Waals surface area contributed by atoms with Crippen molar-refractivity contribution in [3.05, 3.63) is 71.8 Å². The molecule has 1 aliphatic heterocycles. The number of hydrogen-bond acceptors (Lipinski definition) is 3. The first kappa shape index (κ1) is 17.2. The molecule has 0 N–H and O–H groups in total. The Morgan fingerprint density at radius 2 is 1.33 bits per heavy atom. The first-order chi connectivity index (χ1) is 11.7. The fourth-order valence-corrected chi connectivity index (χ4v) is 3.24. The van der Waals surface area contributed by atoms with Gasteiger partial charge in [-0.05, 0) is 18.1 Å². The summed E-state index contributed by atoms with van der Waals surface area (Å²) in [5.74, 6) is -0.168. The van der Waals surface area contributed by atoms with E-state index in [1.165, 1.54) is 11.1 Å². The van der Waals surface area contributed by atoms with Gasteiger partial charge in [0.2, 0.25) is 0 Å². The minimum atomic E-state index is -0.467. The third kappa shape index (κ3) is 4.44. The smallest absolute Gasteiger partial charge is 0.169 e. The molecule has 3 nitrogen and oxygen atoms in total. The molecule has 3 rings (SSSR count). The largest absolute Gasteiger partial charge is 0.347 e. The van der Waals surface area contributed by atoms with Gasteiger partial charge < -0.3 is 9.47 Å². The normalized spacial score (nSPS) is 18.0. The lowest BCUT2D eigenvalue weighted by molar-refractivity contribution is -0.181. The molecule has 0 bridgehead atoms. The summed E-state index contributed by atoms with van der Waals surface area (Å²) in [6.45, 7) is 8.45. The van der Waals surface area contributed by atoms with Crippen molar-refractivity contribution in [2.45, 2.75) is 32.7 Å². The van der Waals surface area contributed by atoms with Crippen LogP contribution in [0.15, 0.2) is 60.7 Å². The molecule has 1 fully saturated rings. The number of hydrogen-bond donors (Lipinski definition) is 0. The molecule has 0 aliphatic carbocycles. The average molecular weight is 325 g/mol. The maximum atomic E-state index is 5.85. The molecule has 0 radical (unpaired) electrons. The Labute approximate surface area is 145 Å². The van der Waals surface area contributed by atoms with Gasteiger partial charge in [0.25, 0.3) is 0 Å². The lowest BCUT2D eigenvalue weighted by Crippen LogP contribution is -2.41. The summed E-state index contributed by atoms with van der Waals surface area (Å²) < 4.78 is 11.7. The zero-order valence-electron chi connectivity index (χ0n) is 14.7. The molecule has 0 amide bonds. The second-order valence-electron chi connectivity index (χ2n) is 6.75. The van der Waals surface area contributed by atoms with E-state index in [1.54, 1.807) is 0 Å². The third-order valence-electron chi connectivity index (χ3n) is 4.79. The second kappa shape index (κ2) is 7.93. The van der Waals surface area contributed by atoms with Gasteiger partial charge in [0.1, 0.15) is 0 Å². The summed E-state index contributed by atoms with van der Waals surface area (Å²) >= 11 is 0. The van der Waals surface area contributed by atoms with Crippen LogP contribution in [-0.4, -0.2) is 30.4 Å². The molecule has 24 heavy (non-hydrogen) atoms. The SMILES string of the molecule is C[C@H](CN(Cc1ccccc1)Cc1ccccc1)C1(C)OCCO1. The zero-order chi connectivity index (χ0) is 16.8. The van der Waals surface area contributed by atoms with Crippen molar-refractivity contribution in [2.75, 3.05) is 19.8 Å².